The Labute approximate surface area is 123 Å². The van der Waals surface area contributed by atoms with Crippen molar-refractivity contribution in [3.8, 4) is 5.69 Å². The Balaban J connectivity index is 1.56. The Hall–Kier alpha value is -2.25. The molecule has 3 rings (SSSR count). The fourth-order valence-electron chi connectivity index (χ4n) is 2.31. The van der Waals surface area contributed by atoms with Gasteiger partial charge in [0.1, 0.15) is 12.7 Å². The maximum atomic E-state index is 12.0. The van der Waals surface area contributed by atoms with E-state index in [0.29, 0.717) is 6.54 Å². The lowest BCUT2D eigenvalue weighted by Crippen LogP contribution is -2.46. The van der Waals surface area contributed by atoms with E-state index in [2.05, 4.69) is 25.6 Å². The Morgan fingerprint density at radius 2 is 2.00 bits per heavy atom. The van der Waals surface area contributed by atoms with Crippen LogP contribution in [0.4, 0.5) is 5.69 Å². The number of anilines is 1. The molecule has 1 aliphatic rings. The van der Waals surface area contributed by atoms with Gasteiger partial charge in [-0.1, -0.05) is 0 Å². The van der Waals surface area contributed by atoms with Gasteiger partial charge in [-0.05, 0) is 24.3 Å². The Bertz CT molecular complexity index is 574. The van der Waals surface area contributed by atoms with Crippen LogP contribution in [0.5, 0.6) is 0 Å². The van der Waals surface area contributed by atoms with E-state index in [1.54, 1.807) is 11.0 Å². The van der Waals surface area contributed by atoms with Gasteiger partial charge in [0.15, 0.2) is 0 Å². The highest BCUT2D eigenvalue weighted by atomic mass is 16.2. The second-order valence-corrected chi connectivity index (χ2v) is 4.96. The molecule has 0 radical (unpaired) electrons. The number of carbonyl (C=O) groups is 1. The lowest BCUT2D eigenvalue weighted by Gasteiger charge is -2.26. The molecule has 1 saturated heterocycles. The summed E-state index contributed by atoms with van der Waals surface area (Å²) in [5.74, 6) is 0.0189. The molecular formula is C14H18N6O. The number of nitrogens with one attached hydrogen (secondary N) is 2. The van der Waals surface area contributed by atoms with Gasteiger partial charge in [0.05, 0.1) is 12.2 Å². The van der Waals surface area contributed by atoms with E-state index in [-0.39, 0.29) is 5.91 Å². The molecule has 1 aromatic carbocycles. The molecule has 1 aromatic heterocycles. The van der Waals surface area contributed by atoms with E-state index in [1.165, 1.54) is 6.33 Å². The normalized spacial score (nSPS) is 15.8. The molecule has 7 heteroatoms. The fourth-order valence-corrected chi connectivity index (χ4v) is 2.31. The zero-order chi connectivity index (χ0) is 14.5. The van der Waals surface area contributed by atoms with E-state index in [4.69, 9.17) is 0 Å². The lowest BCUT2D eigenvalue weighted by molar-refractivity contribution is -0.117. The molecule has 0 aliphatic carbocycles. The van der Waals surface area contributed by atoms with Gasteiger partial charge in [-0.25, -0.2) is 9.67 Å². The third-order valence-electron chi connectivity index (χ3n) is 3.41. The van der Waals surface area contributed by atoms with E-state index >= 15 is 0 Å². The molecule has 2 heterocycles. The number of rotatable bonds is 4. The van der Waals surface area contributed by atoms with Crippen molar-refractivity contribution >= 4 is 11.6 Å². The van der Waals surface area contributed by atoms with Gasteiger partial charge < -0.3 is 10.6 Å². The summed E-state index contributed by atoms with van der Waals surface area (Å²) in [5, 5.41) is 10.2. The molecule has 1 fully saturated rings. The molecule has 2 N–H and O–H groups in total. The molecule has 110 valence electrons. The summed E-state index contributed by atoms with van der Waals surface area (Å²) in [4.78, 5) is 18.0. The minimum absolute atomic E-state index is 0.0189. The highest BCUT2D eigenvalue weighted by molar-refractivity contribution is 5.92. The Morgan fingerprint density at radius 1 is 1.24 bits per heavy atom. The molecule has 21 heavy (non-hydrogen) atoms. The average Bonchev–Trinajstić information content (AvgIpc) is 3.03. The predicted octanol–water partition coefficient (Wildman–Crippen LogP) is 0.111. The number of carbonyl (C=O) groups excluding carboxylic acids is 1. The first kappa shape index (κ1) is 13.7. The van der Waals surface area contributed by atoms with E-state index < -0.39 is 0 Å². The molecule has 1 amide bonds. The van der Waals surface area contributed by atoms with Crippen molar-refractivity contribution in [3.63, 3.8) is 0 Å². The van der Waals surface area contributed by atoms with Gasteiger partial charge >= 0.3 is 0 Å². The number of hydrogen-bond acceptors (Lipinski definition) is 5. The van der Waals surface area contributed by atoms with Gasteiger partial charge in [-0.3, -0.25) is 9.69 Å². The van der Waals surface area contributed by atoms with Crippen molar-refractivity contribution in [1.82, 2.24) is 25.0 Å². The van der Waals surface area contributed by atoms with Crippen LogP contribution in [0.15, 0.2) is 36.9 Å². The SMILES string of the molecule is O=C(CN1CCNCC1)Nc1ccc(-n2cncn2)cc1. The first-order valence-electron chi connectivity index (χ1n) is 6.99. The first-order chi connectivity index (χ1) is 10.3. The summed E-state index contributed by atoms with van der Waals surface area (Å²) < 4.78 is 1.67. The van der Waals surface area contributed by atoms with Gasteiger partial charge in [-0.2, -0.15) is 5.10 Å². The topological polar surface area (TPSA) is 75.1 Å². The monoisotopic (exact) mass is 286 g/mol. The van der Waals surface area contributed by atoms with Gasteiger partial charge in [0.25, 0.3) is 0 Å². The van der Waals surface area contributed by atoms with Gasteiger partial charge in [0, 0.05) is 31.9 Å². The molecule has 0 bridgehead atoms. The first-order valence-corrected chi connectivity index (χ1v) is 6.99. The Morgan fingerprint density at radius 3 is 2.67 bits per heavy atom. The maximum absolute atomic E-state index is 12.0. The molecule has 1 aliphatic heterocycles. The van der Waals surface area contributed by atoms with Gasteiger partial charge in [-0.15, -0.1) is 0 Å². The average molecular weight is 286 g/mol. The van der Waals surface area contributed by atoms with Crippen LogP contribution in [0.1, 0.15) is 0 Å². The van der Waals surface area contributed by atoms with Crippen LogP contribution in [-0.4, -0.2) is 58.3 Å². The van der Waals surface area contributed by atoms with Crippen LogP contribution in [0.2, 0.25) is 0 Å². The van der Waals surface area contributed by atoms with E-state index in [9.17, 15) is 4.79 Å². The smallest absolute Gasteiger partial charge is 0.238 e. The van der Waals surface area contributed by atoms with Crippen LogP contribution in [0.25, 0.3) is 5.69 Å². The third kappa shape index (κ3) is 3.65. The van der Waals surface area contributed by atoms with Crippen molar-refractivity contribution in [1.29, 1.82) is 0 Å². The predicted molar refractivity (Wildman–Crippen MR) is 79.3 cm³/mol. The molecule has 7 nitrogen and oxygen atoms in total. The number of nitrogens with zero attached hydrogens (tertiary/aromatic N) is 4. The zero-order valence-corrected chi connectivity index (χ0v) is 11.7. The second kappa shape index (κ2) is 6.47. The third-order valence-corrected chi connectivity index (χ3v) is 3.41. The maximum Gasteiger partial charge on any atom is 0.238 e. The van der Waals surface area contributed by atoms with Crippen LogP contribution in [0.3, 0.4) is 0 Å². The van der Waals surface area contributed by atoms with Crippen LogP contribution in [-0.2, 0) is 4.79 Å². The minimum Gasteiger partial charge on any atom is -0.325 e. The van der Waals surface area contributed by atoms with Crippen LogP contribution >= 0.6 is 0 Å². The highest BCUT2D eigenvalue weighted by Gasteiger charge is 2.13. The zero-order valence-electron chi connectivity index (χ0n) is 11.7. The molecule has 0 unspecified atom stereocenters. The van der Waals surface area contributed by atoms with Crippen molar-refractivity contribution in [3.05, 3.63) is 36.9 Å². The number of benzene rings is 1. The minimum atomic E-state index is 0.0189. The summed E-state index contributed by atoms with van der Waals surface area (Å²) >= 11 is 0. The summed E-state index contributed by atoms with van der Waals surface area (Å²) in [6.45, 7) is 4.16. The van der Waals surface area contributed by atoms with E-state index in [1.807, 2.05) is 24.3 Å². The van der Waals surface area contributed by atoms with Gasteiger partial charge in [0.2, 0.25) is 5.91 Å². The van der Waals surface area contributed by atoms with Crippen molar-refractivity contribution in [2.75, 3.05) is 38.0 Å². The highest BCUT2D eigenvalue weighted by Crippen LogP contribution is 2.12. The quantitative estimate of drug-likeness (QED) is 0.834. The van der Waals surface area contributed by atoms with Crippen molar-refractivity contribution in [2.24, 2.45) is 0 Å². The largest absolute Gasteiger partial charge is 0.325 e. The molecule has 0 saturated carbocycles. The van der Waals surface area contributed by atoms with Crippen molar-refractivity contribution < 1.29 is 4.79 Å². The van der Waals surface area contributed by atoms with Crippen LogP contribution in [0, 0.1) is 0 Å². The standard InChI is InChI=1S/C14H18N6O/c21-14(9-19-7-5-15-6-8-19)18-12-1-3-13(4-2-12)20-11-16-10-17-20/h1-4,10-11,15H,5-9H2,(H,18,21). The van der Waals surface area contributed by atoms with Crippen molar-refractivity contribution in [2.45, 2.75) is 0 Å². The number of amides is 1. The Kier molecular flexibility index (Phi) is 4.23. The summed E-state index contributed by atoms with van der Waals surface area (Å²) in [6, 6.07) is 7.53. The fraction of sp³-hybridized carbons (Fsp3) is 0.357. The molecule has 0 atom stereocenters. The number of piperazine rings is 1. The molecule has 0 spiro atoms. The molecule has 2 aromatic rings. The summed E-state index contributed by atoms with van der Waals surface area (Å²) in [6.07, 6.45) is 3.13. The molecular weight excluding hydrogens is 268 g/mol. The second-order valence-electron chi connectivity index (χ2n) is 4.96. The summed E-state index contributed by atoms with van der Waals surface area (Å²) in [7, 11) is 0. The summed E-state index contributed by atoms with van der Waals surface area (Å²) in [5.41, 5.74) is 1.70. The van der Waals surface area contributed by atoms with E-state index in [0.717, 1.165) is 37.6 Å². The number of hydrogen-bond donors (Lipinski definition) is 2. The van der Waals surface area contributed by atoms with Crippen LogP contribution < -0.4 is 10.6 Å². The lowest BCUT2D eigenvalue weighted by atomic mass is 10.2. The number of aromatic nitrogens is 3.